The van der Waals surface area contributed by atoms with Crippen molar-refractivity contribution in [1.82, 2.24) is 5.32 Å². The van der Waals surface area contributed by atoms with Crippen molar-refractivity contribution in [1.29, 1.82) is 0 Å². The Morgan fingerprint density at radius 1 is 1.12 bits per heavy atom. The molecule has 0 amide bonds. The quantitative estimate of drug-likeness (QED) is 0.697. The lowest BCUT2D eigenvalue weighted by molar-refractivity contribution is -0.0564. The van der Waals surface area contributed by atoms with E-state index in [1.807, 2.05) is 6.92 Å². The lowest BCUT2D eigenvalue weighted by Crippen LogP contribution is -2.49. The van der Waals surface area contributed by atoms with Crippen LogP contribution in [0.5, 0.6) is 0 Å². The molecule has 0 saturated heterocycles. The fourth-order valence-electron chi connectivity index (χ4n) is 2.96. The van der Waals surface area contributed by atoms with Gasteiger partial charge in [0.15, 0.2) is 0 Å². The zero-order valence-electron chi connectivity index (χ0n) is 11.9. The first-order valence-corrected chi connectivity index (χ1v) is 7.11. The van der Waals surface area contributed by atoms with Crippen LogP contribution in [0.2, 0.25) is 0 Å². The summed E-state index contributed by atoms with van der Waals surface area (Å²) in [6.07, 6.45) is 2.87. The minimum absolute atomic E-state index is 0.353. The summed E-state index contributed by atoms with van der Waals surface area (Å²) in [5.74, 6) is 1.45. The predicted octanol–water partition coefficient (Wildman–Crippen LogP) is 2.45. The van der Waals surface area contributed by atoms with Crippen LogP contribution in [0.4, 0.5) is 0 Å². The van der Waals surface area contributed by atoms with E-state index in [4.69, 9.17) is 9.47 Å². The SMILES string of the molecule is CCNC1CC(C)CC(C)C1OCCOCC. The van der Waals surface area contributed by atoms with Gasteiger partial charge >= 0.3 is 0 Å². The lowest BCUT2D eigenvalue weighted by Gasteiger charge is -2.39. The smallest absolute Gasteiger partial charge is 0.0754 e. The summed E-state index contributed by atoms with van der Waals surface area (Å²) in [6, 6.07) is 0.514. The fraction of sp³-hybridized carbons (Fsp3) is 1.00. The summed E-state index contributed by atoms with van der Waals surface area (Å²) < 4.78 is 11.4. The highest BCUT2D eigenvalue weighted by Crippen LogP contribution is 2.31. The van der Waals surface area contributed by atoms with Gasteiger partial charge in [-0.15, -0.1) is 0 Å². The molecule has 0 spiro atoms. The van der Waals surface area contributed by atoms with E-state index in [-0.39, 0.29) is 0 Å². The molecule has 1 aliphatic rings. The lowest BCUT2D eigenvalue weighted by atomic mass is 9.78. The second-order valence-electron chi connectivity index (χ2n) is 5.25. The number of hydrogen-bond acceptors (Lipinski definition) is 3. The molecule has 0 aromatic rings. The van der Waals surface area contributed by atoms with Crippen LogP contribution in [-0.2, 0) is 9.47 Å². The summed E-state index contributed by atoms with van der Waals surface area (Å²) in [4.78, 5) is 0. The van der Waals surface area contributed by atoms with Crippen LogP contribution in [0.15, 0.2) is 0 Å². The predicted molar refractivity (Wildman–Crippen MR) is 71.3 cm³/mol. The minimum atomic E-state index is 0.353. The molecule has 1 aliphatic carbocycles. The summed E-state index contributed by atoms with van der Waals surface area (Å²) in [5.41, 5.74) is 0. The molecular formula is C14H29NO2. The van der Waals surface area contributed by atoms with Gasteiger partial charge in [-0.1, -0.05) is 20.8 Å². The number of nitrogens with one attached hydrogen (secondary N) is 1. The van der Waals surface area contributed by atoms with Gasteiger partial charge in [0.2, 0.25) is 0 Å². The molecule has 3 heteroatoms. The van der Waals surface area contributed by atoms with Crippen molar-refractivity contribution in [2.75, 3.05) is 26.4 Å². The Morgan fingerprint density at radius 3 is 2.53 bits per heavy atom. The first kappa shape index (κ1) is 14.9. The summed E-state index contributed by atoms with van der Waals surface area (Å²) in [6.45, 7) is 12.1. The molecule has 0 heterocycles. The first-order chi connectivity index (χ1) is 8.19. The molecule has 1 rings (SSSR count). The van der Waals surface area contributed by atoms with E-state index in [0.717, 1.165) is 25.7 Å². The molecule has 1 saturated carbocycles. The highest BCUT2D eigenvalue weighted by Gasteiger charge is 2.33. The third-order valence-corrected chi connectivity index (χ3v) is 3.60. The third kappa shape index (κ3) is 4.94. The van der Waals surface area contributed by atoms with Gasteiger partial charge in [-0.25, -0.2) is 0 Å². The molecule has 0 bridgehead atoms. The maximum absolute atomic E-state index is 6.02. The van der Waals surface area contributed by atoms with Gasteiger partial charge in [0.05, 0.1) is 19.3 Å². The molecule has 4 unspecified atom stereocenters. The molecule has 0 aromatic carbocycles. The van der Waals surface area contributed by atoms with Crippen molar-refractivity contribution in [2.24, 2.45) is 11.8 Å². The Bertz CT molecular complexity index is 199. The Labute approximate surface area is 106 Å². The average molecular weight is 243 g/mol. The van der Waals surface area contributed by atoms with Crippen molar-refractivity contribution in [3.8, 4) is 0 Å². The van der Waals surface area contributed by atoms with Gasteiger partial charge in [0.1, 0.15) is 0 Å². The largest absolute Gasteiger partial charge is 0.379 e. The van der Waals surface area contributed by atoms with Gasteiger partial charge in [-0.05, 0) is 38.1 Å². The Kier molecular flexibility index (Phi) is 7.09. The van der Waals surface area contributed by atoms with Crippen LogP contribution >= 0.6 is 0 Å². The van der Waals surface area contributed by atoms with E-state index in [1.54, 1.807) is 0 Å². The van der Waals surface area contributed by atoms with Gasteiger partial charge in [-0.3, -0.25) is 0 Å². The van der Waals surface area contributed by atoms with Crippen molar-refractivity contribution in [2.45, 2.75) is 52.7 Å². The average Bonchev–Trinajstić information content (AvgIpc) is 2.27. The second-order valence-corrected chi connectivity index (χ2v) is 5.25. The van der Waals surface area contributed by atoms with E-state index in [9.17, 15) is 0 Å². The molecule has 1 N–H and O–H groups in total. The standard InChI is InChI=1S/C14H29NO2/c1-5-15-13-10-11(3)9-12(4)14(13)17-8-7-16-6-2/h11-15H,5-10H2,1-4H3. The highest BCUT2D eigenvalue weighted by atomic mass is 16.5. The number of ether oxygens (including phenoxy) is 2. The van der Waals surface area contributed by atoms with E-state index >= 15 is 0 Å². The van der Waals surface area contributed by atoms with E-state index < -0.39 is 0 Å². The van der Waals surface area contributed by atoms with Crippen molar-refractivity contribution >= 4 is 0 Å². The van der Waals surface area contributed by atoms with Crippen LogP contribution in [0, 0.1) is 11.8 Å². The topological polar surface area (TPSA) is 30.5 Å². The zero-order valence-corrected chi connectivity index (χ0v) is 11.9. The summed E-state index contributed by atoms with van der Waals surface area (Å²) in [7, 11) is 0. The maximum Gasteiger partial charge on any atom is 0.0754 e. The Morgan fingerprint density at radius 2 is 1.88 bits per heavy atom. The number of likely N-dealkylation sites (N-methyl/N-ethyl adjacent to an activating group) is 1. The van der Waals surface area contributed by atoms with Gasteiger partial charge in [0.25, 0.3) is 0 Å². The molecule has 4 atom stereocenters. The Balaban J connectivity index is 2.40. The van der Waals surface area contributed by atoms with Crippen molar-refractivity contribution in [3.63, 3.8) is 0 Å². The normalized spacial score (nSPS) is 33.9. The zero-order chi connectivity index (χ0) is 12.7. The monoisotopic (exact) mass is 243 g/mol. The van der Waals surface area contributed by atoms with Crippen molar-refractivity contribution in [3.05, 3.63) is 0 Å². The van der Waals surface area contributed by atoms with Crippen LogP contribution in [0.1, 0.15) is 40.5 Å². The van der Waals surface area contributed by atoms with Gasteiger partial charge in [-0.2, -0.15) is 0 Å². The molecule has 0 aromatic heterocycles. The molecule has 17 heavy (non-hydrogen) atoms. The minimum Gasteiger partial charge on any atom is -0.379 e. The van der Waals surface area contributed by atoms with Crippen molar-refractivity contribution < 1.29 is 9.47 Å². The van der Waals surface area contributed by atoms with E-state index in [1.165, 1.54) is 12.8 Å². The molecule has 1 fully saturated rings. The summed E-state index contributed by atoms with van der Waals surface area (Å²) in [5, 5.41) is 3.57. The summed E-state index contributed by atoms with van der Waals surface area (Å²) >= 11 is 0. The third-order valence-electron chi connectivity index (χ3n) is 3.60. The van der Waals surface area contributed by atoms with Crippen LogP contribution in [0.25, 0.3) is 0 Å². The van der Waals surface area contributed by atoms with Gasteiger partial charge < -0.3 is 14.8 Å². The molecular weight excluding hydrogens is 214 g/mol. The number of hydrogen-bond donors (Lipinski definition) is 1. The van der Waals surface area contributed by atoms with E-state index in [2.05, 4.69) is 26.1 Å². The Hall–Kier alpha value is -0.120. The highest BCUT2D eigenvalue weighted by molar-refractivity contribution is 4.88. The second kappa shape index (κ2) is 8.06. The fourth-order valence-corrected chi connectivity index (χ4v) is 2.96. The molecule has 102 valence electrons. The van der Waals surface area contributed by atoms with E-state index in [0.29, 0.717) is 24.7 Å². The van der Waals surface area contributed by atoms with Gasteiger partial charge in [0, 0.05) is 12.6 Å². The van der Waals surface area contributed by atoms with Crippen LogP contribution in [-0.4, -0.2) is 38.5 Å². The maximum atomic E-state index is 6.02. The first-order valence-electron chi connectivity index (χ1n) is 7.11. The molecule has 3 nitrogen and oxygen atoms in total. The van der Waals surface area contributed by atoms with Crippen LogP contribution < -0.4 is 5.32 Å². The van der Waals surface area contributed by atoms with Crippen LogP contribution in [0.3, 0.4) is 0 Å². The molecule has 0 radical (unpaired) electrons. The molecule has 0 aliphatic heterocycles. The number of rotatable bonds is 7.